The predicted octanol–water partition coefficient (Wildman–Crippen LogP) is 3.97. The van der Waals surface area contributed by atoms with Crippen molar-refractivity contribution in [1.82, 2.24) is 0 Å². The molecular formula is C18H20O4. The minimum atomic E-state index is 0.118. The highest BCUT2D eigenvalue weighted by atomic mass is 16.7. The first-order valence-electron chi connectivity index (χ1n) is 7.43. The number of methoxy groups -OCH3 is 1. The van der Waals surface area contributed by atoms with Crippen molar-refractivity contribution in [3.8, 4) is 23.0 Å². The Balaban J connectivity index is 2.06. The zero-order valence-electron chi connectivity index (χ0n) is 13.1. The van der Waals surface area contributed by atoms with Gasteiger partial charge in [0.2, 0.25) is 6.79 Å². The van der Waals surface area contributed by atoms with Gasteiger partial charge in [-0.1, -0.05) is 25.1 Å². The molecule has 0 amide bonds. The number of benzene rings is 2. The van der Waals surface area contributed by atoms with Gasteiger partial charge in [-0.05, 0) is 19.1 Å². The van der Waals surface area contributed by atoms with Crippen LogP contribution < -0.4 is 18.9 Å². The first-order valence-corrected chi connectivity index (χ1v) is 7.43. The summed E-state index contributed by atoms with van der Waals surface area (Å²) in [4.78, 5) is 0. The van der Waals surface area contributed by atoms with Crippen LogP contribution in [0.25, 0.3) is 0 Å². The van der Waals surface area contributed by atoms with E-state index in [1.165, 1.54) is 0 Å². The fourth-order valence-electron chi connectivity index (χ4n) is 2.75. The van der Waals surface area contributed by atoms with Crippen LogP contribution in [0.4, 0.5) is 0 Å². The van der Waals surface area contributed by atoms with Crippen LogP contribution >= 0.6 is 0 Å². The maximum atomic E-state index is 5.80. The number of hydrogen-bond acceptors (Lipinski definition) is 4. The highest BCUT2D eigenvalue weighted by Crippen LogP contribution is 2.43. The van der Waals surface area contributed by atoms with Gasteiger partial charge < -0.3 is 18.9 Å². The predicted molar refractivity (Wildman–Crippen MR) is 84.2 cm³/mol. The number of para-hydroxylation sites is 1. The van der Waals surface area contributed by atoms with Crippen molar-refractivity contribution < 1.29 is 18.9 Å². The molecule has 4 heteroatoms. The van der Waals surface area contributed by atoms with Crippen molar-refractivity contribution in [3.05, 3.63) is 47.5 Å². The Bertz CT molecular complexity index is 666. The standard InChI is InChI=1S/C18H20O4/c1-4-20-16-10-18-17(21-11-22-18)9-14(16)12(2)13-7-5-6-8-15(13)19-3/h5-10,12H,4,11H2,1-3H3. The largest absolute Gasteiger partial charge is 0.496 e. The second-order valence-corrected chi connectivity index (χ2v) is 5.14. The fraction of sp³-hybridized carbons (Fsp3) is 0.333. The van der Waals surface area contributed by atoms with E-state index in [1.807, 2.05) is 37.3 Å². The monoisotopic (exact) mass is 300 g/mol. The summed E-state index contributed by atoms with van der Waals surface area (Å²) >= 11 is 0. The molecule has 0 fully saturated rings. The molecule has 2 aromatic rings. The summed E-state index contributed by atoms with van der Waals surface area (Å²) in [5.74, 6) is 3.31. The molecule has 0 radical (unpaired) electrons. The third-order valence-electron chi connectivity index (χ3n) is 3.88. The lowest BCUT2D eigenvalue weighted by molar-refractivity contribution is 0.173. The lowest BCUT2D eigenvalue weighted by Gasteiger charge is -2.19. The van der Waals surface area contributed by atoms with Gasteiger partial charge in [-0.3, -0.25) is 0 Å². The summed E-state index contributed by atoms with van der Waals surface area (Å²) < 4.78 is 22.2. The van der Waals surface area contributed by atoms with Gasteiger partial charge in [0.15, 0.2) is 11.5 Å². The Hall–Kier alpha value is -2.36. The van der Waals surface area contributed by atoms with Gasteiger partial charge in [0, 0.05) is 23.1 Å². The Kier molecular flexibility index (Phi) is 4.09. The Labute approximate surface area is 130 Å². The molecule has 0 bridgehead atoms. The van der Waals surface area contributed by atoms with Gasteiger partial charge in [0.05, 0.1) is 13.7 Å². The van der Waals surface area contributed by atoms with E-state index in [4.69, 9.17) is 18.9 Å². The molecule has 0 aromatic heterocycles. The first kappa shape index (κ1) is 14.6. The van der Waals surface area contributed by atoms with E-state index in [0.29, 0.717) is 6.61 Å². The van der Waals surface area contributed by atoms with Crippen LogP contribution in [0.5, 0.6) is 23.0 Å². The first-order chi connectivity index (χ1) is 10.7. The van der Waals surface area contributed by atoms with Crippen molar-refractivity contribution in [2.45, 2.75) is 19.8 Å². The summed E-state index contributed by atoms with van der Waals surface area (Å²) in [6.07, 6.45) is 0. The molecule has 1 aliphatic rings. The molecule has 2 aromatic carbocycles. The smallest absolute Gasteiger partial charge is 0.231 e. The summed E-state index contributed by atoms with van der Waals surface area (Å²) in [7, 11) is 1.69. The zero-order valence-corrected chi connectivity index (χ0v) is 13.1. The molecule has 0 spiro atoms. The molecule has 0 saturated heterocycles. The average molecular weight is 300 g/mol. The molecule has 4 nitrogen and oxygen atoms in total. The summed E-state index contributed by atoms with van der Waals surface area (Å²) in [5.41, 5.74) is 2.18. The molecule has 1 unspecified atom stereocenters. The van der Waals surface area contributed by atoms with E-state index >= 15 is 0 Å². The quantitative estimate of drug-likeness (QED) is 0.837. The van der Waals surface area contributed by atoms with Gasteiger partial charge in [-0.15, -0.1) is 0 Å². The van der Waals surface area contributed by atoms with E-state index in [2.05, 4.69) is 13.0 Å². The second-order valence-electron chi connectivity index (χ2n) is 5.14. The molecule has 3 rings (SSSR count). The summed E-state index contributed by atoms with van der Waals surface area (Å²) in [5, 5.41) is 0. The highest BCUT2D eigenvalue weighted by Gasteiger charge is 2.23. The summed E-state index contributed by atoms with van der Waals surface area (Å²) in [6, 6.07) is 11.9. The minimum Gasteiger partial charge on any atom is -0.496 e. The molecule has 1 atom stereocenters. The third-order valence-corrected chi connectivity index (χ3v) is 3.88. The van der Waals surface area contributed by atoms with Crippen molar-refractivity contribution >= 4 is 0 Å². The van der Waals surface area contributed by atoms with Crippen LogP contribution in [-0.4, -0.2) is 20.5 Å². The molecule has 0 N–H and O–H groups in total. The van der Waals surface area contributed by atoms with Gasteiger partial charge >= 0.3 is 0 Å². The molecule has 0 aliphatic carbocycles. The number of rotatable bonds is 5. The second kappa shape index (κ2) is 6.18. The molecule has 1 heterocycles. The summed E-state index contributed by atoms with van der Waals surface area (Å²) in [6.45, 7) is 4.97. The minimum absolute atomic E-state index is 0.118. The average Bonchev–Trinajstić information content (AvgIpc) is 3.01. The third kappa shape index (κ3) is 2.56. The maximum Gasteiger partial charge on any atom is 0.231 e. The Morgan fingerprint density at radius 3 is 2.50 bits per heavy atom. The highest BCUT2D eigenvalue weighted by molar-refractivity contribution is 5.55. The van der Waals surface area contributed by atoms with E-state index in [0.717, 1.165) is 34.1 Å². The fourth-order valence-corrected chi connectivity index (χ4v) is 2.75. The van der Waals surface area contributed by atoms with Crippen molar-refractivity contribution in [2.24, 2.45) is 0 Å². The lowest BCUT2D eigenvalue weighted by atomic mass is 9.91. The van der Waals surface area contributed by atoms with E-state index < -0.39 is 0 Å². The Morgan fingerprint density at radius 2 is 1.77 bits per heavy atom. The van der Waals surface area contributed by atoms with Crippen molar-refractivity contribution in [1.29, 1.82) is 0 Å². The van der Waals surface area contributed by atoms with Crippen LogP contribution in [0.15, 0.2) is 36.4 Å². The van der Waals surface area contributed by atoms with E-state index in [-0.39, 0.29) is 12.7 Å². The van der Waals surface area contributed by atoms with Crippen LogP contribution in [0.2, 0.25) is 0 Å². The van der Waals surface area contributed by atoms with Gasteiger partial charge in [0.25, 0.3) is 0 Å². The molecule has 22 heavy (non-hydrogen) atoms. The zero-order chi connectivity index (χ0) is 15.5. The van der Waals surface area contributed by atoms with Crippen LogP contribution in [0, 0.1) is 0 Å². The van der Waals surface area contributed by atoms with Crippen LogP contribution in [0.3, 0.4) is 0 Å². The van der Waals surface area contributed by atoms with Crippen LogP contribution in [0.1, 0.15) is 30.9 Å². The van der Waals surface area contributed by atoms with Crippen LogP contribution in [-0.2, 0) is 0 Å². The van der Waals surface area contributed by atoms with Gasteiger partial charge in [-0.25, -0.2) is 0 Å². The van der Waals surface area contributed by atoms with Crippen molar-refractivity contribution in [2.75, 3.05) is 20.5 Å². The van der Waals surface area contributed by atoms with Gasteiger partial charge in [-0.2, -0.15) is 0 Å². The molecular weight excluding hydrogens is 280 g/mol. The number of hydrogen-bond donors (Lipinski definition) is 0. The number of ether oxygens (including phenoxy) is 4. The van der Waals surface area contributed by atoms with E-state index in [9.17, 15) is 0 Å². The molecule has 0 saturated carbocycles. The topological polar surface area (TPSA) is 36.9 Å². The van der Waals surface area contributed by atoms with E-state index in [1.54, 1.807) is 7.11 Å². The lowest BCUT2D eigenvalue weighted by Crippen LogP contribution is -2.03. The normalized spacial score (nSPS) is 13.8. The molecule has 116 valence electrons. The van der Waals surface area contributed by atoms with Crippen molar-refractivity contribution in [3.63, 3.8) is 0 Å². The SMILES string of the molecule is CCOc1cc2c(cc1C(C)c1ccccc1OC)OCO2. The number of fused-ring (bicyclic) bond motifs is 1. The molecule has 1 aliphatic heterocycles. The Morgan fingerprint density at radius 1 is 1.05 bits per heavy atom. The maximum absolute atomic E-state index is 5.80. The van der Waals surface area contributed by atoms with Gasteiger partial charge in [0.1, 0.15) is 11.5 Å².